The Morgan fingerprint density at radius 2 is 1.59 bits per heavy atom. The first-order chi connectivity index (χ1) is 27.4. The van der Waals surface area contributed by atoms with Crippen molar-refractivity contribution in [2.24, 2.45) is 23.7 Å². The number of carboxylic acid groups (broad SMARTS) is 1. The number of hydrogen-bond acceptors (Lipinski definition) is 10. The van der Waals surface area contributed by atoms with E-state index in [-0.39, 0.29) is 48.4 Å². The molecule has 2 aromatic rings. The predicted molar refractivity (Wildman–Crippen MR) is 220 cm³/mol. The number of aliphatic carboxylic acids is 1. The number of carbonyl (C=O) groups excluding carboxylic acids is 4. The van der Waals surface area contributed by atoms with Gasteiger partial charge in [-0.3, -0.25) is 19.2 Å². The number of benzene rings is 1. The number of carboxylic acids is 1. The first-order valence-corrected chi connectivity index (χ1v) is 20.5. The number of aryl methyl sites for hydroxylation is 1. The molecule has 58 heavy (non-hydrogen) atoms. The van der Waals surface area contributed by atoms with Gasteiger partial charge < -0.3 is 40.3 Å². The Balaban J connectivity index is 1.75. The molecule has 2 heterocycles. The molecule has 4 N–H and O–H groups in total. The number of likely N-dealkylation sites (N-methyl/N-ethyl adjacent to an activating group) is 2. The molecule has 0 unspecified atom stereocenters. The van der Waals surface area contributed by atoms with Crippen LogP contribution in [-0.2, 0) is 40.0 Å². The molecule has 1 aromatic carbocycles. The van der Waals surface area contributed by atoms with E-state index in [2.05, 4.69) is 26.3 Å². The molecule has 1 aliphatic heterocycles. The highest BCUT2D eigenvalue weighted by Gasteiger charge is 2.43. The van der Waals surface area contributed by atoms with Crippen LogP contribution in [0.1, 0.15) is 79.7 Å². The lowest BCUT2D eigenvalue weighted by Crippen LogP contribution is -2.59. The number of nitrogens with one attached hydrogen (secondary N) is 3. The van der Waals surface area contributed by atoms with Gasteiger partial charge in [-0.25, -0.2) is 9.48 Å². The summed E-state index contributed by atoms with van der Waals surface area (Å²) in [7, 11) is 6.43. The second kappa shape index (κ2) is 22.1. The topological polar surface area (TPSA) is 197 Å². The predicted octanol–water partition coefficient (Wildman–Crippen LogP) is 3.13. The average molecular weight is 813 g/mol. The van der Waals surface area contributed by atoms with Gasteiger partial charge >= 0.3 is 5.97 Å². The van der Waals surface area contributed by atoms with Crippen molar-refractivity contribution in [1.82, 2.24) is 40.7 Å². The van der Waals surface area contributed by atoms with Gasteiger partial charge in [0.05, 0.1) is 55.4 Å². The van der Waals surface area contributed by atoms with Crippen LogP contribution >= 0.6 is 0 Å². The maximum atomic E-state index is 14.2. The molecule has 4 amide bonds. The molecule has 9 atom stereocenters. The van der Waals surface area contributed by atoms with Crippen molar-refractivity contribution in [3.8, 4) is 11.3 Å². The standard InChI is InChI=1S/C42H68N8O8/c1-13-27(7)37(48(10)41(54)36(25(4)5)45-40(53)35(43-9)24(2)3)33(57-11)21-34(51)50-20-14-15-32(50)38(58-12)28(8)39(52)44-31(42(55)56)23-49-22-30(46-47-49)29-18-16-26(6)17-19-29/h16-19,22,24-25,27-28,31-33,35-38,43H,13-15,20-21,23H2,1-12H3,(H,44,52)(H,45,53)(H,55,56)/t27-,28+,31-,32-,33+,35-,36-,37-,38+/m0/s1. The zero-order valence-corrected chi connectivity index (χ0v) is 36.5. The molecule has 3 rings (SSSR count). The van der Waals surface area contributed by atoms with Crippen LogP contribution in [0.5, 0.6) is 0 Å². The highest BCUT2D eigenvalue weighted by atomic mass is 16.5. The third-order valence-electron chi connectivity index (χ3n) is 11.6. The summed E-state index contributed by atoms with van der Waals surface area (Å²) in [6, 6.07) is 4.18. The van der Waals surface area contributed by atoms with E-state index in [0.29, 0.717) is 31.5 Å². The van der Waals surface area contributed by atoms with E-state index < -0.39 is 60.2 Å². The molecular formula is C42H68N8O8. The lowest BCUT2D eigenvalue weighted by atomic mass is 9.89. The average Bonchev–Trinajstić information content (AvgIpc) is 3.87. The number of methoxy groups -OCH3 is 2. The Morgan fingerprint density at radius 1 is 0.948 bits per heavy atom. The fourth-order valence-corrected chi connectivity index (χ4v) is 7.97. The van der Waals surface area contributed by atoms with Crippen LogP contribution in [0.25, 0.3) is 11.3 Å². The molecule has 16 heteroatoms. The highest BCUT2D eigenvalue weighted by Crippen LogP contribution is 2.30. The quantitative estimate of drug-likeness (QED) is 0.136. The molecular weight excluding hydrogens is 745 g/mol. The molecule has 1 aromatic heterocycles. The molecule has 0 aliphatic carbocycles. The van der Waals surface area contributed by atoms with Crippen LogP contribution in [0.2, 0.25) is 0 Å². The van der Waals surface area contributed by atoms with E-state index in [9.17, 15) is 29.1 Å². The summed E-state index contributed by atoms with van der Waals surface area (Å²) in [5.41, 5.74) is 2.50. The second-order valence-electron chi connectivity index (χ2n) is 16.4. The Labute approximate surface area is 344 Å². The lowest BCUT2D eigenvalue weighted by Gasteiger charge is -2.41. The molecule has 1 aliphatic rings. The maximum Gasteiger partial charge on any atom is 0.328 e. The minimum atomic E-state index is -1.30. The normalized spacial score (nSPS) is 18.5. The number of likely N-dealkylation sites (tertiary alicyclic amines) is 1. The van der Waals surface area contributed by atoms with Crippen LogP contribution < -0.4 is 16.0 Å². The van der Waals surface area contributed by atoms with E-state index in [1.807, 2.05) is 72.7 Å². The number of nitrogens with zero attached hydrogens (tertiary/aromatic N) is 5. The fraction of sp³-hybridized carbons (Fsp3) is 0.690. The van der Waals surface area contributed by atoms with Crippen LogP contribution in [0.15, 0.2) is 30.5 Å². The van der Waals surface area contributed by atoms with Crippen LogP contribution in [-0.4, -0.2) is 137 Å². The summed E-state index contributed by atoms with van der Waals surface area (Å²) in [6.45, 7) is 15.6. The van der Waals surface area contributed by atoms with Crippen molar-refractivity contribution in [3.05, 3.63) is 36.0 Å². The number of rotatable bonds is 22. The Bertz CT molecular complexity index is 1670. The molecule has 0 spiro atoms. The second-order valence-corrected chi connectivity index (χ2v) is 16.4. The van der Waals surface area contributed by atoms with Crippen molar-refractivity contribution < 1.29 is 38.6 Å². The van der Waals surface area contributed by atoms with Gasteiger partial charge in [-0.2, -0.15) is 0 Å². The Hall–Kier alpha value is -4.41. The molecule has 0 radical (unpaired) electrons. The Kier molecular flexibility index (Phi) is 18.3. The number of aromatic nitrogens is 3. The zero-order valence-electron chi connectivity index (χ0n) is 36.5. The zero-order chi connectivity index (χ0) is 43.4. The molecule has 16 nitrogen and oxygen atoms in total. The van der Waals surface area contributed by atoms with E-state index in [1.54, 1.807) is 37.0 Å². The van der Waals surface area contributed by atoms with Gasteiger partial charge in [0, 0.05) is 33.4 Å². The van der Waals surface area contributed by atoms with E-state index >= 15 is 0 Å². The largest absolute Gasteiger partial charge is 0.480 e. The number of hydrogen-bond donors (Lipinski definition) is 4. The SMILES string of the molecule is CC[C@H](C)[C@@H]([C@@H](CC(=O)N1CCC[C@H]1[C@H](OC)[C@@H](C)C(=O)N[C@@H](Cn1cc(-c2ccc(C)cc2)nn1)C(=O)O)OC)N(C)C(=O)[C@@H](NC(=O)[C@@H](NC)C(C)C)C(C)C. The summed E-state index contributed by atoms with van der Waals surface area (Å²) < 4.78 is 13.3. The fourth-order valence-electron chi connectivity index (χ4n) is 7.97. The smallest absolute Gasteiger partial charge is 0.328 e. The maximum absolute atomic E-state index is 14.2. The first kappa shape index (κ1) is 48.0. The minimum absolute atomic E-state index is 0.0118. The van der Waals surface area contributed by atoms with E-state index in [4.69, 9.17) is 9.47 Å². The highest BCUT2D eigenvalue weighted by molar-refractivity contribution is 5.90. The molecule has 0 saturated carbocycles. The van der Waals surface area contributed by atoms with Crippen LogP contribution in [0, 0.1) is 30.6 Å². The van der Waals surface area contributed by atoms with Crippen LogP contribution in [0.3, 0.4) is 0 Å². The van der Waals surface area contributed by atoms with Crippen molar-refractivity contribution in [1.29, 1.82) is 0 Å². The summed E-state index contributed by atoms with van der Waals surface area (Å²) >= 11 is 0. The first-order valence-electron chi connectivity index (χ1n) is 20.5. The van der Waals surface area contributed by atoms with Gasteiger partial charge in [-0.05, 0) is 44.6 Å². The van der Waals surface area contributed by atoms with E-state index in [1.165, 1.54) is 18.9 Å². The number of ether oxygens (including phenoxy) is 2. The van der Waals surface area contributed by atoms with E-state index in [0.717, 1.165) is 11.1 Å². The minimum Gasteiger partial charge on any atom is -0.480 e. The summed E-state index contributed by atoms with van der Waals surface area (Å²) in [5, 5.41) is 27.0. The van der Waals surface area contributed by atoms with Crippen molar-refractivity contribution >= 4 is 29.6 Å². The molecule has 0 bridgehead atoms. The molecule has 324 valence electrons. The monoisotopic (exact) mass is 813 g/mol. The van der Waals surface area contributed by atoms with Gasteiger partial charge in [-0.1, -0.05) is 89.9 Å². The summed E-state index contributed by atoms with van der Waals surface area (Å²) in [5.74, 6) is -3.57. The summed E-state index contributed by atoms with van der Waals surface area (Å²) in [6.07, 6.45) is 2.15. The molecule has 1 saturated heterocycles. The van der Waals surface area contributed by atoms with Crippen molar-refractivity contribution in [2.75, 3.05) is 34.9 Å². The number of amides is 4. The molecule has 1 fully saturated rings. The van der Waals surface area contributed by atoms with Crippen molar-refractivity contribution in [3.63, 3.8) is 0 Å². The number of carbonyl (C=O) groups is 5. The Morgan fingerprint density at radius 3 is 2.12 bits per heavy atom. The van der Waals surface area contributed by atoms with Gasteiger partial charge in [-0.15, -0.1) is 5.10 Å². The van der Waals surface area contributed by atoms with Gasteiger partial charge in [0.15, 0.2) is 0 Å². The third-order valence-corrected chi connectivity index (χ3v) is 11.6. The van der Waals surface area contributed by atoms with Crippen LogP contribution in [0.4, 0.5) is 0 Å². The third kappa shape index (κ3) is 12.1. The summed E-state index contributed by atoms with van der Waals surface area (Å²) in [4.78, 5) is 71.0. The lowest BCUT2D eigenvalue weighted by molar-refractivity contribution is -0.148. The van der Waals surface area contributed by atoms with Gasteiger partial charge in [0.2, 0.25) is 23.6 Å². The van der Waals surface area contributed by atoms with Gasteiger partial charge in [0.1, 0.15) is 17.8 Å². The van der Waals surface area contributed by atoms with Crippen molar-refractivity contribution in [2.45, 2.75) is 130 Å². The van der Waals surface area contributed by atoms with Gasteiger partial charge in [0.25, 0.3) is 0 Å².